The minimum atomic E-state index is -3.36. The molecule has 0 bridgehead atoms. The van der Waals surface area contributed by atoms with Crippen molar-refractivity contribution in [2.24, 2.45) is 0 Å². The summed E-state index contributed by atoms with van der Waals surface area (Å²) in [4.78, 5) is 16.0. The lowest BCUT2D eigenvalue weighted by Crippen LogP contribution is -2.24. The largest absolute Gasteiger partial charge is 0.399 e. The highest BCUT2D eigenvalue weighted by Gasteiger charge is 2.17. The van der Waals surface area contributed by atoms with E-state index in [1.807, 2.05) is 6.92 Å². The molecule has 114 valence electrons. The number of carbonyl (C=O) groups is 1. The van der Waals surface area contributed by atoms with Gasteiger partial charge in [0, 0.05) is 5.69 Å². The normalized spacial score (nSPS) is 11.7. The summed E-state index contributed by atoms with van der Waals surface area (Å²) in [7, 11) is -3.36. The van der Waals surface area contributed by atoms with Gasteiger partial charge in [-0.05, 0) is 24.6 Å². The van der Waals surface area contributed by atoms with Gasteiger partial charge in [-0.3, -0.25) is 4.79 Å². The van der Waals surface area contributed by atoms with Crippen LogP contribution in [-0.2, 0) is 14.6 Å². The van der Waals surface area contributed by atoms with Gasteiger partial charge in [-0.25, -0.2) is 13.4 Å². The standard InChI is InChI=1S/C13H17N3O3S2/c1-2-3-6-21(18,19)8-12(17)16-13-15-10-5-4-9(14)7-11(10)20-13/h4-5,7H,2-3,6,8,14H2,1H3,(H,15,16,17). The highest BCUT2D eigenvalue weighted by molar-refractivity contribution is 7.92. The number of thiazole rings is 1. The summed E-state index contributed by atoms with van der Waals surface area (Å²) in [5.41, 5.74) is 7.01. The number of hydrogen-bond acceptors (Lipinski definition) is 6. The third-order valence-electron chi connectivity index (χ3n) is 2.82. The Balaban J connectivity index is 2.04. The van der Waals surface area contributed by atoms with Gasteiger partial charge in [0.05, 0.1) is 16.0 Å². The molecule has 0 aliphatic rings. The molecule has 0 saturated carbocycles. The number of rotatable bonds is 6. The van der Waals surface area contributed by atoms with Gasteiger partial charge < -0.3 is 11.1 Å². The molecule has 0 saturated heterocycles. The summed E-state index contributed by atoms with van der Waals surface area (Å²) in [5, 5.41) is 2.91. The van der Waals surface area contributed by atoms with Crippen LogP contribution in [0.3, 0.4) is 0 Å². The first-order valence-electron chi connectivity index (χ1n) is 6.56. The van der Waals surface area contributed by atoms with Crippen molar-refractivity contribution < 1.29 is 13.2 Å². The number of hydrogen-bond donors (Lipinski definition) is 2. The van der Waals surface area contributed by atoms with Crippen LogP contribution in [0.5, 0.6) is 0 Å². The Morgan fingerprint density at radius 3 is 2.90 bits per heavy atom. The molecule has 2 rings (SSSR count). The molecule has 0 radical (unpaired) electrons. The van der Waals surface area contributed by atoms with E-state index < -0.39 is 21.5 Å². The molecule has 1 aromatic heterocycles. The highest BCUT2D eigenvalue weighted by Crippen LogP contribution is 2.27. The molecule has 2 aromatic rings. The van der Waals surface area contributed by atoms with E-state index in [0.717, 1.165) is 16.6 Å². The van der Waals surface area contributed by atoms with Gasteiger partial charge >= 0.3 is 0 Å². The first-order chi connectivity index (χ1) is 9.89. The molecule has 0 spiro atoms. The Morgan fingerprint density at radius 2 is 2.19 bits per heavy atom. The molecular formula is C13H17N3O3S2. The zero-order valence-electron chi connectivity index (χ0n) is 11.6. The average Bonchev–Trinajstić information content (AvgIpc) is 2.76. The van der Waals surface area contributed by atoms with Crippen LogP contribution in [0, 0.1) is 0 Å². The first-order valence-corrected chi connectivity index (χ1v) is 9.20. The third-order valence-corrected chi connectivity index (χ3v) is 5.37. The monoisotopic (exact) mass is 327 g/mol. The summed E-state index contributed by atoms with van der Waals surface area (Å²) in [5.74, 6) is -1.03. The van der Waals surface area contributed by atoms with Crippen molar-refractivity contribution in [2.75, 3.05) is 22.6 Å². The van der Waals surface area contributed by atoms with Gasteiger partial charge in [0.25, 0.3) is 0 Å². The fourth-order valence-electron chi connectivity index (χ4n) is 1.79. The quantitative estimate of drug-likeness (QED) is 0.790. The average molecular weight is 327 g/mol. The Hall–Kier alpha value is -1.67. The van der Waals surface area contributed by atoms with E-state index in [0.29, 0.717) is 17.2 Å². The molecule has 0 fully saturated rings. The van der Waals surface area contributed by atoms with E-state index in [1.165, 1.54) is 11.3 Å². The number of nitrogens with zero attached hydrogens (tertiary/aromatic N) is 1. The van der Waals surface area contributed by atoms with Crippen molar-refractivity contribution in [3.63, 3.8) is 0 Å². The minimum absolute atomic E-state index is 0.0350. The van der Waals surface area contributed by atoms with Crippen LogP contribution in [0.25, 0.3) is 10.2 Å². The van der Waals surface area contributed by atoms with Gasteiger partial charge in [0.2, 0.25) is 5.91 Å². The summed E-state index contributed by atoms with van der Waals surface area (Å²) < 4.78 is 24.3. The third kappa shape index (κ3) is 4.40. The second-order valence-electron chi connectivity index (χ2n) is 4.74. The lowest BCUT2D eigenvalue weighted by atomic mass is 10.3. The molecule has 0 unspecified atom stereocenters. The predicted molar refractivity (Wildman–Crippen MR) is 86.2 cm³/mol. The molecule has 8 heteroatoms. The number of nitrogen functional groups attached to an aromatic ring is 1. The molecule has 3 N–H and O–H groups in total. The van der Waals surface area contributed by atoms with E-state index in [9.17, 15) is 13.2 Å². The fraction of sp³-hybridized carbons (Fsp3) is 0.385. The summed E-state index contributed by atoms with van der Waals surface area (Å²) in [6.07, 6.45) is 1.34. The molecule has 21 heavy (non-hydrogen) atoms. The number of fused-ring (bicyclic) bond motifs is 1. The van der Waals surface area contributed by atoms with Crippen molar-refractivity contribution in [1.29, 1.82) is 0 Å². The van der Waals surface area contributed by atoms with Crippen LogP contribution < -0.4 is 11.1 Å². The van der Waals surface area contributed by atoms with Crippen LogP contribution >= 0.6 is 11.3 Å². The molecule has 0 atom stereocenters. The Kier molecular flexibility index (Phi) is 4.79. The van der Waals surface area contributed by atoms with Crippen LogP contribution in [0.2, 0.25) is 0 Å². The van der Waals surface area contributed by atoms with Crippen LogP contribution in [0.1, 0.15) is 19.8 Å². The van der Waals surface area contributed by atoms with E-state index in [-0.39, 0.29) is 5.75 Å². The lowest BCUT2D eigenvalue weighted by Gasteiger charge is -2.03. The van der Waals surface area contributed by atoms with Gasteiger partial charge in [-0.15, -0.1) is 0 Å². The van der Waals surface area contributed by atoms with Gasteiger partial charge in [-0.2, -0.15) is 0 Å². The van der Waals surface area contributed by atoms with Gasteiger partial charge in [-0.1, -0.05) is 24.7 Å². The van der Waals surface area contributed by atoms with Crippen molar-refractivity contribution in [1.82, 2.24) is 4.98 Å². The maximum absolute atomic E-state index is 11.8. The van der Waals surface area contributed by atoms with Crippen LogP contribution in [0.4, 0.5) is 10.8 Å². The number of benzene rings is 1. The van der Waals surface area contributed by atoms with E-state index in [4.69, 9.17) is 5.73 Å². The van der Waals surface area contributed by atoms with Crippen molar-refractivity contribution in [3.8, 4) is 0 Å². The number of nitrogens with two attached hydrogens (primary N) is 1. The second-order valence-corrected chi connectivity index (χ2v) is 7.95. The van der Waals surface area contributed by atoms with Gasteiger partial charge in [0.1, 0.15) is 5.75 Å². The van der Waals surface area contributed by atoms with Crippen molar-refractivity contribution in [2.45, 2.75) is 19.8 Å². The second kappa shape index (κ2) is 6.40. The number of anilines is 2. The van der Waals surface area contributed by atoms with E-state index in [1.54, 1.807) is 18.2 Å². The highest BCUT2D eigenvalue weighted by atomic mass is 32.2. The topological polar surface area (TPSA) is 102 Å². The Morgan fingerprint density at radius 1 is 1.43 bits per heavy atom. The zero-order valence-corrected chi connectivity index (χ0v) is 13.3. The number of nitrogens with one attached hydrogen (secondary N) is 1. The van der Waals surface area contributed by atoms with Crippen LogP contribution in [-0.4, -0.2) is 30.8 Å². The van der Waals surface area contributed by atoms with E-state index >= 15 is 0 Å². The number of sulfone groups is 1. The molecule has 6 nitrogen and oxygen atoms in total. The van der Waals surface area contributed by atoms with Crippen LogP contribution in [0.15, 0.2) is 18.2 Å². The maximum Gasteiger partial charge on any atom is 0.241 e. The maximum atomic E-state index is 11.8. The van der Waals surface area contributed by atoms with E-state index in [2.05, 4.69) is 10.3 Å². The number of amides is 1. The Bertz CT molecular complexity index is 753. The fourth-order valence-corrected chi connectivity index (χ4v) is 4.06. The minimum Gasteiger partial charge on any atom is -0.399 e. The SMILES string of the molecule is CCCCS(=O)(=O)CC(=O)Nc1nc2ccc(N)cc2s1. The summed E-state index contributed by atoms with van der Waals surface area (Å²) in [6.45, 7) is 1.91. The summed E-state index contributed by atoms with van der Waals surface area (Å²) >= 11 is 1.27. The van der Waals surface area contributed by atoms with Crippen molar-refractivity contribution in [3.05, 3.63) is 18.2 Å². The number of aromatic nitrogens is 1. The molecular weight excluding hydrogens is 310 g/mol. The Labute approximate surface area is 127 Å². The smallest absolute Gasteiger partial charge is 0.241 e. The van der Waals surface area contributed by atoms with Crippen molar-refractivity contribution >= 4 is 48.1 Å². The number of carbonyl (C=O) groups excluding carboxylic acids is 1. The molecule has 0 aliphatic heterocycles. The van der Waals surface area contributed by atoms with Gasteiger partial charge in [0.15, 0.2) is 15.0 Å². The predicted octanol–water partition coefficient (Wildman–Crippen LogP) is 2.03. The molecule has 0 aliphatic carbocycles. The molecule has 1 heterocycles. The summed E-state index contributed by atoms with van der Waals surface area (Å²) in [6, 6.07) is 5.25. The number of unbranched alkanes of at least 4 members (excludes halogenated alkanes) is 1. The first kappa shape index (κ1) is 15.7. The molecule has 1 amide bonds. The molecule has 1 aromatic carbocycles. The lowest BCUT2D eigenvalue weighted by molar-refractivity contribution is -0.113. The zero-order chi connectivity index (χ0) is 15.5.